The van der Waals surface area contributed by atoms with Gasteiger partial charge in [0.05, 0.1) is 22.8 Å². The van der Waals surface area contributed by atoms with Crippen LogP contribution in [0.25, 0.3) is 5.57 Å². The second-order valence-corrected chi connectivity index (χ2v) is 7.84. The van der Waals surface area contributed by atoms with Crippen molar-refractivity contribution >= 4 is 34.4 Å². The second kappa shape index (κ2) is 9.58. The van der Waals surface area contributed by atoms with Crippen LogP contribution in [-0.4, -0.2) is 23.3 Å². The molecule has 0 radical (unpaired) electrons. The van der Waals surface area contributed by atoms with E-state index in [1.807, 2.05) is 32.0 Å². The van der Waals surface area contributed by atoms with E-state index in [4.69, 9.17) is 4.74 Å². The van der Waals surface area contributed by atoms with Gasteiger partial charge >= 0.3 is 0 Å². The molecule has 172 valence electrons. The van der Waals surface area contributed by atoms with Crippen LogP contribution < -0.4 is 15.0 Å². The summed E-state index contributed by atoms with van der Waals surface area (Å²) in [7, 11) is 0. The van der Waals surface area contributed by atoms with Crippen LogP contribution in [0.4, 0.5) is 17.1 Å². The smallest absolute Gasteiger partial charge is 0.282 e. The molecule has 1 N–H and O–H groups in total. The van der Waals surface area contributed by atoms with Gasteiger partial charge in [0, 0.05) is 23.9 Å². The molecule has 3 aromatic rings. The Hall–Kier alpha value is -4.46. The van der Waals surface area contributed by atoms with Gasteiger partial charge in [0.25, 0.3) is 17.5 Å². The van der Waals surface area contributed by atoms with Gasteiger partial charge in [-0.05, 0) is 55.3 Å². The summed E-state index contributed by atoms with van der Waals surface area (Å²) in [6.45, 7) is 4.48. The lowest BCUT2D eigenvalue weighted by Gasteiger charge is -2.16. The van der Waals surface area contributed by atoms with Gasteiger partial charge in [-0.25, -0.2) is 4.90 Å². The van der Waals surface area contributed by atoms with Gasteiger partial charge in [-0.2, -0.15) is 0 Å². The summed E-state index contributed by atoms with van der Waals surface area (Å²) in [5.74, 6) is -0.387. The zero-order valence-corrected chi connectivity index (χ0v) is 18.8. The topological polar surface area (TPSA) is 102 Å². The number of nitro benzene ring substituents is 1. The van der Waals surface area contributed by atoms with Crippen molar-refractivity contribution in [3.05, 3.63) is 99.7 Å². The Morgan fingerprint density at radius 3 is 2.32 bits per heavy atom. The van der Waals surface area contributed by atoms with Crippen molar-refractivity contribution in [1.29, 1.82) is 0 Å². The number of benzene rings is 3. The third-order valence-corrected chi connectivity index (χ3v) is 5.32. The van der Waals surface area contributed by atoms with Crippen LogP contribution in [0.1, 0.15) is 24.5 Å². The molecule has 0 fully saturated rings. The molecule has 0 spiro atoms. The first-order chi connectivity index (χ1) is 16.4. The standard InChI is InChI=1S/C26H23N3O5/c1-3-15-34-22-6-4-5-19(16-22)27-24-23(18-9-13-21(14-10-18)29(32)33)25(30)28(26(24)31)20-11-7-17(2)8-12-20/h4-14,16,27H,3,15H2,1-2H3. The van der Waals surface area contributed by atoms with Crippen molar-refractivity contribution in [2.75, 3.05) is 16.8 Å². The van der Waals surface area contributed by atoms with Crippen molar-refractivity contribution in [3.8, 4) is 5.75 Å². The van der Waals surface area contributed by atoms with Gasteiger partial charge in [0.15, 0.2) is 0 Å². The van der Waals surface area contributed by atoms with Gasteiger partial charge < -0.3 is 10.1 Å². The number of rotatable bonds is 8. The maximum atomic E-state index is 13.5. The molecule has 8 heteroatoms. The number of imide groups is 1. The summed E-state index contributed by atoms with van der Waals surface area (Å²) in [5, 5.41) is 14.2. The van der Waals surface area contributed by atoms with E-state index in [1.165, 1.54) is 24.3 Å². The normalized spacial score (nSPS) is 13.4. The maximum Gasteiger partial charge on any atom is 0.282 e. The summed E-state index contributed by atoms with van der Waals surface area (Å²) < 4.78 is 5.67. The third kappa shape index (κ3) is 4.52. The van der Waals surface area contributed by atoms with Crippen LogP contribution in [0.15, 0.2) is 78.5 Å². The molecule has 0 saturated heterocycles. The van der Waals surface area contributed by atoms with Crippen LogP contribution in [0.3, 0.4) is 0 Å². The third-order valence-electron chi connectivity index (χ3n) is 5.32. The molecule has 3 aromatic carbocycles. The number of carbonyl (C=O) groups excluding carboxylic acids is 2. The first kappa shape index (κ1) is 22.7. The molecule has 0 aliphatic carbocycles. The van der Waals surface area contributed by atoms with E-state index in [0.717, 1.165) is 16.9 Å². The first-order valence-electron chi connectivity index (χ1n) is 10.8. The average Bonchev–Trinajstić information content (AvgIpc) is 3.08. The first-order valence-corrected chi connectivity index (χ1v) is 10.8. The summed E-state index contributed by atoms with van der Waals surface area (Å²) in [6, 6.07) is 19.7. The van der Waals surface area contributed by atoms with E-state index in [9.17, 15) is 19.7 Å². The lowest BCUT2D eigenvalue weighted by Crippen LogP contribution is -2.32. The van der Waals surface area contributed by atoms with Crippen molar-refractivity contribution in [2.45, 2.75) is 20.3 Å². The predicted octanol–water partition coefficient (Wildman–Crippen LogP) is 5.09. The number of nitro groups is 1. The number of nitrogens with zero attached hydrogens (tertiary/aromatic N) is 2. The molecule has 1 aliphatic rings. The number of ether oxygens (including phenoxy) is 1. The number of anilines is 2. The van der Waals surface area contributed by atoms with E-state index >= 15 is 0 Å². The minimum absolute atomic E-state index is 0.0899. The van der Waals surface area contributed by atoms with Crippen LogP contribution in [0.2, 0.25) is 0 Å². The molecule has 0 saturated carbocycles. The fourth-order valence-corrected chi connectivity index (χ4v) is 3.62. The minimum atomic E-state index is -0.515. The maximum absolute atomic E-state index is 13.5. The van der Waals surface area contributed by atoms with E-state index in [0.29, 0.717) is 29.3 Å². The quantitative estimate of drug-likeness (QED) is 0.287. The monoisotopic (exact) mass is 457 g/mol. The average molecular weight is 457 g/mol. The van der Waals surface area contributed by atoms with E-state index in [2.05, 4.69) is 5.32 Å². The predicted molar refractivity (Wildman–Crippen MR) is 130 cm³/mol. The lowest BCUT2D eigenvalue weighted by molar-refractivity contribution is -0.384. The number of hydrogen-bond donors (Lipinski definition) is 1. The molecular formula is C26H23N3O5. The Labute approximate surface area is 196 Å². The molecule has 2 amide bonds. The van der Waals surface area contributed by atoms with E-state index in [1.54, 1.807) is 30.3 Å². The van der Waals surface area contributed by atoms with Crippen LogP contribution in [0, 0.1) is 17.0 Å². The second-order valence-electron chi connectivity index (χ2n) is 7.84. The number of aryl methyl sites for hydroxylation is 1. The highest BCUT2D eigenvalue weighted by Gasteiger charge is 2.40. The Morgan fingerprint density at radius 1 is 0.971 bits per heavy atom. The van der Waals surface area contributed by atoms with Gasteiger partial charge in [0.1, 0.15) is 11.4 Å². The highest BCUT2D eigenvalue weighted by molar-refractivity contribution is 6.46. The van der Waals surface area contributed by atoms with Crippen molar-refractivity contribution < 1.29 is 19.2 Å². The molecule has 0 aromatic heterocycles. The Kier molecular flexibility index (Phi) is 6.40. The molecular weight excluding hydrogens is 434 g/mol. The zero-order valence-electron chi connectivity index (χ0n) is 18.8. The SMILES string of the molecule is CCCOc1cccc(NC2=C(c3ccc([N+](=O)[O-])cc3)C(=O)N(c3ccc(C)cc3)C2=O)c1. The number of non-ortho nitro benzene ring substituents is 1. The van der Waals surface area contributed by atoms with E-state index in [-0.39, 0.29) is 17.0 Å². The van der Waals surface area contributed by atoms with E-state index < -0.39 is 16.7 Å². The van der Waals surface area contributed by atoms with Crippen LogP contribution in [-0.2, 0) is 9.59 Å². The number of hydrogen-bond acceptors (Lipinski definition) is 6. The van der Waals surface area contributed by atoms with Gasteiger partial charge in [-0.15, -0.1) is 0 Å². The molecule has 0 atom stereocenters. The zero-order chi connectivity index (χ0) is 24.2. The lowest BCUT2D eigenvalue weighted by atomic mass is 10.0. The summed E-state index contributed by atoms with van der Waals surface area (Å²) in [6.07, 6.45) is 0.853. The molecule has 1 aliphatic heterocycles. The highest BCUT2D eigenvalue weighted by Crippen LogP contribution is 2.35. The Morgan fingerprint density at radius 2 is 1.68 bits per heavy atom. The summed E-state index contributed by atoms with van der Waals surface area (Å²) in [4.78, 5) is 38.6. The molecule has 4 rings (SSSR count). The summed E-state index contributed by atoms with van der Waals surface area (Å²) in [5.41, 5.74) is 2.54. The number of carbonyl (C=O) groups is 2. The van der Waals surface area contributed by atoms with Gasteiger partial charge in [-0.1, -0.05) is 30.7 Å². The van der Waals surface area contributed by atoms with Crippen molar-refractivity contribution in [3.63, 3.8) is 0 Å². The molecule has 1 heterocycles. The minimum Gasteiger partial charge on any atom is -0.494 e. The van der Waals surface area contributed by atoms with Crippen molar-refractivity contribution in [1.82, 2.24) is 0 Å². The Bertz CT molecular complexity index is 1280. The van der Waals surface area contributed by atoms with Gasteiger partial charge in [-0.3, -0.25) is 19.7 Å². The van der Waals surface area contributed by atoms with Crippen molar-refractivity contribution in [2.24, 2.45) is 0 Å². The molecule has 34 heavy (non-hydrogen) atoms. The van der Waals surface area contributed by atoms with Gasteiger partial charge in [0.2, 0.25) is 0 Å². The molecule has 8 nitrogen and oxygen atoms in total. The molecule has 0 unspecified atom stereocenters. The number of nitrogens with one attached hydrogen (secondary N) is 1. The Balaban J connectivity index is 1.76. The van der Waals surface area contributed by atoms with Crippen LogP contribution in [0.5, 0.6) is 5.75 Å². The highest BCUT2D eigenvalue weighted by atomic mass is 16.6. The fraction of sp³-hybridized carbons (Fsp3) is 0.154. The number of amides is 2. The van der Waals surface area contributed by atoms with Crippen LogP contribution >= 0.6 is 0 Å². The summed E-state index contributed by atoms with van der Waals surface area (Å²) >= 11 is 0. The molecule has 0 bridgehead atoms. The fourth-order valence-electron chi connectivity index (χ4n) is 3.62. The largest absolute Gasteiger partial charge is 0.494 e.